The molecule has 0 spiro atoms. The molecule has 1 aromatic carbocycles. The number of nitrogens with one attached hydrogen (secondary N) is 2. The highest BCUT2D eigenvalue weighted by Crippen LogP contribution is 2.11. The van der Waals surface area contributed by atoms with Crippen molar-refractivity contribution in [2.45, 2.75) is 32.7 Å². The number of benzene rings is 1. The monoisotopic (exact) mass is 307 g/mol. The van der Waals surface area contributed by atoms with Crippen molar-refractivity contribution < 1.29 is 19.1 Å². The Morgan fingerprint density at radius 1 is 1.23 bits per heavy atom. The molecule has 0 bridgehead atoms. The lowest BCUT2D eigenvalue weighted by atomic mass is 10.2. The molecule has 0 fully saturated rings. The Balaban J connectivity index is 2.56. The van der Waals surface area contributed by atoms with Gasteiger partial charge >= 0.3 is 12.0 Å². The van der Waals surface area contributed by atoms with Crippen LogP contribution >= 0.6 is 0 Å². The maximum Gasteiger partial charge on any atom is 0.338 e. The van der Waals surface area contributed by atoms with Crippen molar-refractivity contribution in [3.63, 3.8) is 0 Å². The first-order valence-corrected chi connectivity index (χ1v) is 7.08. The Labute approximate surface area is 129 Å². The topological polar surface area (TPSA) is 111 Å². The number of primary amides is 1. The molecule has 0 aliphatic rings. The van der Waals surface area contributed by atoms with Crippen molar-refractivity contribution in [1.82, 2.24) is 5.32 Å². The summed E-state index contributed by atoms with van der Waals surface area (Å²) in [7, 11) is 0. The molecular formula is C15H21N3O4. The fourth-order valence-electron chi connectivity index (χ4n) is 1.61. The van der Waals surface area contributed by atoms with Crippen molar-refractivity contribution in [3.05, 3.63) is 29.8 Å². The molecule has 0 aliphatic carbocycles. The van der Waals surface area contributed by atoms with Gasteiger partial charge in [-0.2, -0.15) is 0 Å². The Bertz CT molecular complexity index is 528. The number of carbonyl (C=O) groups is 3. The van der Waals surface area contributed by atoms with Gasteiger partial charge in [-0.25, -0.2) is 9.59 Å². The number of hydrogen-bond acceptors (Lipinski definition) is 4. The van der Waals surface area contributed by atoms with Gasteiger partial charge in [0.2, 0.25) is 5.91 Å². The molecule has 1 atom stereocenters. The summed E-state index contributed by atoms with van der Waals surface area (Å²) < 4.78 is 5.08. The van der Waals surface area contributed by atoms with E-state index in [9.17, 15) is 14.4 Å². The van der Waals surface area contributed by atoms with Crippen LogP contribution in [0.4, 0.5) is 10.5 Å². The number of amides is 3. The summed E-state index contributed by atoms with van der Waals surface area (Å²) >= 11 is 0. The second-order valence-corrected chi connectivity index (χ2v) is 4.79. The third-order valence-electron chi connectivity index (χ3n) is 2.87. The highest BCUT2D eigenvalue weighted by atomic mass is 16.5. The zero-order chi connectivity index (χ0) is 16.5. The van der Waals surface area contributed by atoms with E-state index in [4.69, 9.17) is 10.5 Å². The fraction of sp³-hybridized carbons (Fsp3) is 0.400. The first-order valence-electron chi connectivity index (χ1n) is 7.08. The zero-order valence-electron chi connectivity index (χ0n) is 12.7. The van der Waals surface area contributed by atoms with Crippen LogP contribution in [0.1, 0.15) is 37.0 Å². The first-order chi connectivity index (χ1) is 10.4. The van der Waals surface area contributed by atoms with Crippen LogP contribution < -0.4 is 16.4 Å². The minimum atomic E-state index is -0.771. The van der Waals surface area contributed by atoms with Crippen LogP contribution in [0.3, 0.4) is 0 Å². The number of unbranched alkanes of at least 4 members (excludes halogenated alkanes) is 1. The molecule has 0 radical (unpaired) electrons. The number of rotatable bonds is 7. The number of urea groups is 1. The van der Waals surface area contributed by atoms with Crippen molar-refractivity contribution in [3.8, 4) is 0 Å². The molecular weight excluding hydrogens is 286 g/mol. The maximum absolute atomic E-state index is 11.8. The molecule has 0 heterocycles. The van der Waals surface area contributed by atoms with Crippen LogP contribution in [0.5, 0.6) is 0 Å². The summed E-state index contributed by atoms with van der Waals surface area (Å²) in [6.07, 6.45) is 1.78. The lowest BCUT2D eigenvalue weighted by molar-refractivity contribution is -0.117. The number of anilines is 1. The van der Waals surface area contributed by atoms with E-state index in [1.54, 1.807) is 24.3 Å². The quantitative estimate of drug-likeness (QED) is 0.525. The van der Waals surface area contributed by atoms with Gasteiger partial charge in [0.15, 0.2) is 0 Å². The van der Waals surface area contributed by atoms with E-state index in [0.717, 1.165) is 12.8 Å². The van der Waals surface area contributed by atoms with E-state index in [2.05, 4.69) is 10.6 Å². The SMILES string of the molecule is CCCCOC(=O)c1ccc(NC(=O)C(C)NC(N)=O)cc1. The molecule has 1 unspecified atom stereocenters. The van der Waals surface area contributed by atoms with E-state index < -0.39 is 23.9 Å². The molecule has 1 aromatic rings. The minimum Gasteiger partial charge on any atom is -0.462 e. The second-order valence-electron chi connectivity index (χ2n) is 4.79. The number of ether oxygens (including phenoxy) is 1. The van der Waals surface area contributed by atoms with Crippen molar-refractivity contribution in [2.24, 2.45) is 5.73 Å². The number of esters is 1. The molecule has 22 heavy (non-hydrogen) atoms. The molecule has 7 nitrogen and oxygen atoms in total. The molecule has 0 saturated carbocycles. The maximum atomic E-state index is 11.8. The van der Waals surface area contributed by atoms with E-state index in [0.29, 0.717) is 17.9 Å². The van der Waals surface area contributed by atoms with Crippen molar-refractivity contribution in [2.75, 3.05) is 11.9 Å². The molecule has 0 aliphatic heterocycles. The summed E-state index contributed by atoms with van der Waals surface area (Å²) in [5.74, 6) is -0.799. The highest BCUT2D eigenvalue weighted by Gasteiger charge is 2.14. The van der Waals surface area contributed by atoms with Crippen LogP contribution in [0.15, 0.2) is 24.3 Å². The summed E-state index contributed by atoms with van der Waals surface area (Å²) in [6, 6.07) is 4.78. The van der Waals surface area contributed by atoms with E-state index in [1.165, 1.54) is 6.92 Å². The Morgan fingerprint density at radius 2 is 1.86 bits per heavy atom. The number of carbonyl (C=O) groups excluding carboxylic acids is 3. The molecule has 4 N–H and O–H groups in total. The van der Waals surface area contributed by atoms with E-state index >= 15 is 0 Å². The Hall–Kier alpha value is -2.57. The average Bonchev–Trinajstić information content (AvgIpc) is 2.47. The summed E-state index contributed by atoms with van der Waals surface area (Å²) in [5, 5.41) is 4.88. The van der Waals surface area contributed by atoms with Gasteiger partial charge in [0.25, 0.3) is 0 Å². The average molecular weight is 307 g/mol. The molecule has 0 saturated heterocycles. The first kappa shape index (κ1) is 17.5. The molecule has 7 heteroatoms. The largest absolute Gasteiger partial charge is 0.462 e. The second kappa shape index (κ2) is 8.66. The fourth-order valence-corrected chi connectivity index (χ4v) is 1.61. The van der Waals surface area contributed by atoms with Gasteiger partial charge in [-0.05, 0) is 37.6 Å². The van der Waals surface area contributed by atoms with Gasteiger partial charge < -0.3 is 21.1 Å². The summed E-state index contributed by atoms with van der Waals surface area (Å²) in [6.45, 7) is 3.92. The van der Waals surface area contributed by atoms with Crippen LogP contribution in [0.2, 0.25) is 0 Å². The Morgan fingerprint density at radius 3 is 2.41 bits per heavy atom. The molecule has 0 aromatic heterocycles. The minimum absolute atomic E-state index is 0.393. The van der Waals surface area contributed by atoms with Crippen LogP contribution in [0.25, 0.3) is 0 Å². The van der Waals surface area contributed by atoms with Crippen LogP contribution in [0, 0.1) is 0 Å². The van der Waals surface area contributed by atoms with Gasteiger partial charge in [0, 0.05) is 5.69 Å². The van der Waals surface area contributed by atoms with Crippen molar-refractivity contribution in [1.29, 1.82) is 0 Å². The van der Waals surface area contributed by atoms with Gasteiger partial charge in [-0.1, -0.05) is 13.3 Å². The van der Waals surface area contributed by atoms with Gasteiger partial charge in [-0.3, -0.25) is 4.79 Å². The molecule has 120 valence electrons. The number of nitrogens with two attached hydrogens (primary N) is 1. The Kier molecular flexibility index (Phi) is 6.88. The summed E-state index contributed by atoms with van der Waals surface area (Å²) in [4.78, 5) is 34.2. The number of hydrogen-bond donors (Lipinski definition) is 3. The predicted octanol–water partition coefficient (Wildman–Crippen LogP) is 1.64. The van der Waals surface area contributed by atoms with Gasteiger partial charge in [0.1, 0.15) is 6.04 Å². The van der Waals surface area contributed by atoms with Crippen LogP contribution in [-0.4, -0.2) is 30.6 Å². The highest BCUT2D eigenvalue weighted by molar-refractivity contribution is 5.97. The van der Waals surface area contributed by atoms with Crippen molar-refractivity contribution >= 4 is 23.6 Å². The van der Waals surface area contributed by atoms with E-state index in [1.807, 2.05) is 6.92 Å². The third kappa shape index (κ3) is 5.82. The third-order valence-corrected chi connectivity index (χ3v) is 2.87. The normalized spacial score (nSPS) is 11.4. The smallest absolute Gasteiger partial charge is 0.338 e. The zero-order valence-corrected chi connectivity index (χ0v) is 12.7. The van der Waals surface area contributed by atoms with Gasteiger partial charge in [-0.15, -0.1) is 0 Å². The summed E-state index contributed by atoms with van der Waals surface area (Å²) in [5.41, 5.74) is 5.87. The standard InChI is InChI=1S/C15H21N3O4/c1-3-4-9-22-14(20)11-5-7-12(8-6-11)18-13(19)10(2)17-15(16)21/h5-8,10H,3-4,9H2,1-2H3,(H,18,19)(H3,16,17,21). The lowest BCUT2D eigenvalue weighted by Gasteiger charge is -2.12. The molecule has 1 rings (SSSR count). The predicted molar refractivity (Wildman–Crippen MR) is 82.4 cm³/mol. The van der Waals surface area contributed by atoms with Gasteiger partial charge in [0.05, 0.1) is 12.2 Å². The molecule has 3 amide bonds. The van der Waals surface area contributed by atoms with Crippen LogP contribution in [-0.2, 0) is 9.53 Å². The van der Waals surface area contributed by atoms with E-state index in [-0.39, 0.29) is 0 Å². The lowest BCUT2D eigenvalue weighted by Crippen LogP contribution is -2.44.